The number of hydrogen-bond acceptors (Lipinski definition) is 5. The number of carbonyl (C=O) groups excluding carboxylic acids is 3. The van der Waals surface area contributed by atoms with Gasteiger partial charge in [0.05, 0.1) is 29.4 Å². The van der Waals surface area contributed by atoms with Crippen molar-refractivity contribution >= 4 is 34.4 Å². The Kier molecular flexibility index (Phi) is 4.05. The van der Waals surface area contributed by atoms with E-state index >= 15 is 0 Å². The SMILES string of the molecule is Cc1nn(C)c2ncc(NC(=O)[C@H](C)N3C(=O)[C@H]4CC=CC[C@@H]4C3=O)cc12. The summed E-state index contributed by atoms with van der Waals surface area (Å²) < 4.78 is 1.68. The van der Waals surface area contributed by atoms with E-state index in [9.17, 15) is 14.4 Å². The van der Waals surface area contributed by atoms with Crippen molar-refractivity contribution < 1.29 is 14.4 Å². The zero-order valence-electron chi connectivity index (χ0n) is 15.5. The summed E-state index contributed by atoms with van der Waals surface area (Å²) in [6, 6.07) is 0.924. The number of fused-ring (bicyclic) bond motifs is 2. The summed E-state index contributed by atoms with van der Waals surface area (Å²) in [6.07, 6.45) is 6.52. The standard InChI is InChI=1S/C19H21N5O3/c1-10-15-8-12(9-20-16(15)23(3)22-10)21-17(25)11(2)24-18(26)13-6-4-5-7-14(13)19(24)27/h4-5,8-9,11,13-14H,6-7H2,1-3H3,(H,21,25)/t11-,13-,14-/m0/s1. The third kappa shape index (κ3) is 2.72. The molecular formula is C19H21N5O3. The lowest BCUT2D eigenvalue weighted by Gasteiger charge is -2.22. The molecule has 140 valence electrons. The molecule has 3 heterocycles. The molecule has 1 fully saturated rings. The van der Waals surface area contributed by atoms with Crippen LogP contribution in [0.2, 0.25) is 0 Å². The lowest BCUT2D eigenvalue weighted by molar-refractivity contribution is -0.146. The van der Waals surface area contributed by atoms with Crippen molar-refractivity contribution in [3.63, 3.8) is 0 Å². The van der Waals surface area contributed by atoms with E-state index in [1.807, 2.05) is 26.1 Å². The number of nitrogens with one attached hydrogen (secondary N) is 1. The van der Waals surface area contributed by atoms with Crippen molar-refractivity contribution in [2.45, 2.75) is 32.7 Å². The van der Waals surface area contributed by atoms with Gasteiger partial charge in [-0.1, -0.05) is 12.2 Å². The van der Waals surface area contributed by atoms with Crippen molar-refractivity contribution in [2.75, 3.05) is 5.32 Å². The van der Waals surface area contributed by atoms with Gasteiger partial charge in [-0.15, -0.1) is 0 Å². The fraction of sp³-hybridized carbons (Fsp3) is 0.421. The van der Waals surface area contributed by atoms with Gasteiger partial charge in [0.25, 0.3) is 0 Å². The Bertz CT molecular complexity index is 967. The van der Waals surface area contributed by atoms with E-state index in [0.717, 1.165) is 21.6 Å². The van der Waals surface area contributed by atoms with Crippen molar-refractivity contribution in [1.29, 1.82) is 0 Å². The Hall–Kier alpha value is -3.03. The molecule has 1 N–H and O–H groups in total. The van der Waals surface area contributed by atoms with Gasteiger partial charge in [0, 0.05) is 12.4 Å². The molecule has 8 heteroatoms. The number of amides is 3. The molecule has 0 spiro atoms. The lowest BCUT2D eigenvalue weighted by Crippen LogP contribution is -2.46. The molecule has 3 atom stereocenters. The number of imide groups is 1. The van der Waals surface area contributed by atoms with Crippen molar-refractivity contribution in [2.24, 2.45) is 18.9 Å². The molecule has 3 amide bonds. The molecule has 0 radical (unpaired) electrons. The van der Waals surface area contributed by atoms with Gasteiger partial charge in [-0.05, 0) is 32.8 Å². The first-order chi connectivity index (χ1) is 12.9. The minimum Gasteiger partial charge on any atom is -0.323 e. The fourth-order valence-corrected chi connectivity index (χ4v) is 3.95. The number of allylic oxidation sites excluding steroid dienone is 2. The van der Waals surface area contributed by atoms with E-state index in [1.165, 1.54) is 0 Å². The van der Waals surface area contributed by atoms with Gasteiger partial charge in [0.1, 0.15) is 6.04 Å². The second-order valence-corrected chi connectivity index (χ2v) is 7.17. The molecule has 1 aliphatic carbocycles. The smallest absolute Gasteiger partial charge is 0.247 e. The van der Waals surface area contributed by atoms with Crippen LogP contribution in [0.5, 0.6) is 0 Å². The van der Waals surface area contributed by atoms with Crippen LogP contribution in [-0.4, -0.2) is 43.4 Å². The number of aromatic nitrogens is 3. The van der Waals surface area contributed by atoms with Crippen LogP contribution in [0.4, 0.5) is 5.69 Å². The normalized spacial score (nSPS) is 23.0. The monoisotopic (exact) mass is 367 g/mol. The molecule has 27 heavy (non-hydrogen) atoms. The molecule has 0 saturated carbocycles. The molecule has 8 nitrogen and oxygen atoms in total. The highest BCUT2D eigenvalue weighted by atomic mass is 16.2. The Morgan fingerprint density at radius 2 is 1.85 bits per heavy atom. The molecule has 0 unspecified atom stereocenters. The number of anilines is 1. The van der Waals surface area contributed by atoms with Gasteiger partial charge < -0.3 is 5.32 Å². The Morgan fingerprint density at radius 3 is 2.48 bits per heavy atom. The van der Waals surface area contributed by atoms with Crippen molar-refractivity contribution in [3.05, 3.63) is 30.1 Å². The van der Waals surface area contributed by atoms with Gasteiger partial charge in [0.2, 0.25) is 17.7 Å². The maximum absolute atomic E-state index is 12.7. The van der Waals surface area contributed by atoms with E-state index in [2.05, 4.69) is 15.4 Å². The first-order valence-electron chi connectivity index (χ1n) is 9.00. The Balaban J connectivity index is 1.54. The maximum atomic E-state index is 12.7. The summed E-state index contributed by atoms with van der Waals surface area (Å²) in [5, 5.41) is 7.92. The number of carbonyl (C=O) groups is 3. The summed E-state index contributed by atoms with van der Waals surface area (Å²) in [4.78, 5) is 43.4. The van der Waals surface area contributed by atoms with E-state index in [-0.39, 0.29) is 23.7 Å². The van der Waals surface area contributed by atoms with Gasteiger partial charge >= 0.3 is 0 Å². The van der Waals surface area contributed by atoms with Crippen LogP contribution in [0.15, 0.2) is 24.4 Å². The Morgan fingerprint density at radius 1 is 1.22 bits per heavy atom. The summed E-state index contributed by atoms with van der Waals surface area (Å²) >= 11 is 0. The van der Waals surface area contributed by atoms with Gasteiger partial charge in [-0.25, -0.2) is 4.98 Å². The summed E-state index contributed by atoms with van der Waals surface area (Å²) in [5.74, 6) is -1.60. The minimum absolute atomic E-state index is 0.256. The predicted octanol–water partition coefficient (Wildman–Crippen LogP) is 1.55. The first kappa shape index (κ1) is 17.4. The van der Waals surface area contributed by atoms with E-state index < -0.39 is 11.9 Å². The number of rotatable bonds is 3. The summed E-state index contributed by atoms with van der Waals surface area (Å²) in [7, 11) is 1.81. The molecule has 2 aliphatic rings. The van der Waals surface area contributed by atoms with Crippen LogP contribution in [0.3, 0.4) is 0 Å². The third-order valence-corrected chi connectivity index (χ3v) is 5.44. The van der Waals surface area contributed by atoms with Crippen LogP contribution in [0, 0.1) is 18.8 Å². The van der Waals surface area contributed by atoms with Crippen LogP contribution < -0.4 is 5.32 Å². The summed E-state index contributed by atoms with van der Waals surface area (Å²) in [5.41, 5.74) is 2.04. The molecule has 0 aromatic carbocycles. The topological polar surface area (TPSA) is 97.2 Å². The predicted molar refractivity (Wildman–Crippen MR) is 98.5 cm³/mol. The van der Waals surface area contributed by atoms with Crippen LogP contribution in [0.25, 0.3) is 11.0 Å². The second kappa shape index (κ2) is 6.29. The molecule has 1 saturated heterocycles. The van der Waals surface area contributed by atoms with E-state index in [0.29, 0.717) is 18.5 Å². The van der Waals surface area contributed by atoms with Crippen molar-refractivity contribution in [3.8, 4) is 0 Å². The van der Waals surface area contributed by atoms with Gasteiger partial charge in [0.15, 0.2) is 5.65 Å². The number of likely N-dealkylation sites (tertiary alicyclic amines) is 1. The highest BCUT2D eigenvalue weighted by molar-refractivity contribution is 6.10. The largest absolute Gasteiger partial charge is 0.323 e. The highest BCUT2D eigenvalue weighted by Crippen LogP contribution is 2.36. The minimum atomic E-state index is -0.874. The number of hydrogen-bond donors (Lipinski definition) is 1. The molecule has 2 aromatic rings. The zero-order chi connectivity index (χ0) is 19.3. The average molecular weight is 367 g/mol. The number of nitrogens with zero attached hydrogens (tertiary/aromatic N) is 4. The Labute approximate surface area is 156 Å². The molecular weight excluding hydrogens is 346 g/mol. The highest BCUT2D eigenvalue weighted by Gasteiger charge is 2.50. The lowest BCUT2D eigenvalue weighted by atomic mass is 9.85. The van der Waals surface area contributed by atoms with Crippen LogP contribution >= 0.6 is 0 Å². The number of aryl methyl sites for hydroxylation is 2. The molecule has 4 rings (SSSR count). The van der Waals surface area contributed by atoms with Gasteiger partial charge in [-0.3, -0.25) is 24.0 Å². The molecule has 2 aromatic heterocycles. The summed E-state index contributed by atoms with van der Waals surface area (Å²) in [6.45, 7) is 3.45. The average Bonchev–Trinajstić information content (AvgIpc) is 3.08. The first-order valence-corrected chi connectivity index (χ1v) is 9.00. The number of pyridine rings is 1. The fourth-order valence-electron chi connectivity index (χ4n) is 3.95. The quantitative estimate of drug-likeness (QED) is 0.656. The second-order valence-electron chi connectivity index (χ2n) is 7.17. The zero-order valence-corrected chi connectivity index (χ0v) is 15.5. The van der Waals surface area contributed by atoms with Crippen LogP contribution in [0.1, 0.15) is 25.5 Å². The maximum Gasteiger partial charge on any atom is 0.247 e. The third-order valence-electron chi connectivity index (χ3n) is 5.44. The van der Waals surface area contributed by atoms with E-state index in [4.69, 9.17) is 0 Å². The van der Waals surface area contributed by atoms with E-state index in [1.54, 1.807) is 23.9 Å². The van der Waals surface area contributed by atoms with Crippen molar-refractivity contribution in [1.82, 2.24) is 19.7 Å². The van der Waals surface area contributed by atoms with Crippen LogP contribution in [-0.2, 0) is 21.4 Å². The molecule has 1 aliphatic heterocycles. The molecule has 0 bridgehead atoms. The van der Waals surface area contributed by atoms with Gasteiger partial charge in [-0.2, -0.15) is 5.10 Å².